The molecule has 1 aliphatic heterocycles. The number of esters is 1. The normalized spacial score (nSPS) is 20.4. The molecule has 0 saturated carbocycles. The van der Waals surface area contributed by atoms with E-state index in [1.165, 1.54) is 25.1 Å². The van der Waals surface area contributed by atoms with Crippen LogP contribution < -0.4 is 10.6 Å². The van der Waals surface area contributed by atoms with E-state index in [0.29, 0.717) is 23.3 Å². The van der Waals surface area contributed by atoms with Crippen molar-refractivity contribution in [2.45, 2.75) is 111 Å². The number of methoxy groups -OCH3 is 1. The van der Waals surface area contributed by atoms with Crippen molar-refractivity contribution in [2.75, 3.05) is 20.3 Å². The Morgan fingerprint density at radius 3 is 2.10 bits per heavy atom. The molecule has 0 spiro atoms. The summed E-state index contributed by atoms with van der Waals surface area (Å²) in [4.78, 5) is 69.6. The number of nitrogens with one attached hydrogen (secondary N) is 2. The van der Waals surface area contributed by atoms with E-state index >= 15 is 9.18 Å². The Bertz CT molecular complexity index is 1620. The maximum atomic E-state index is 15.6. The fourth-order valence-electron chi connectivity index (χ4n) is 6.77. The molecular formula is C38H56FN4O7Si+. The van der Waals surface area contributed by atoms with Gasteiger partial charge in [0, 0.05) is 25.2 Å². The summed E-state index contributed by atoms with van der Waals surface area (Å²) in [5.41, 5.74) is -0.212. The first kappa shape index (κ1) is 41.3. The van der Waals surface area contributed by atoms with Crippen molar-refractivity contribution < 1.29 is 42.3 Å². The van der Waals surface area contributed by atoms with E-state index in [9.17, 15) is 19.2 Å². The predicted octanol–water partition coefficient (Wildman–Crippen LogP) is 5.75. The lowest BCUT2D eigenvalue weighted by molar-refractivity contribution is -0.882. The predicted molar refractivity (Wildman–Crippen MR) is 195 cm³/mol. The van der Waals surface area contributed by atoms with Crippen molar-refractivity contribution in [2.24, 2.45) is 5.41 Å². The fourth-order valence-corrected chi connectivity index (χ4v) is 10.5. The van der Waals surface area contributed by atoms with Gasteiger partial charge in [0.2, 0.25) is 5.91 Å². The number of ether oxygens (including phenoxy) is 2. The van der Waals surface area contributed by atoms with Crippen LogP contribution in [0.1, 0.15) is 82.9 Å². The van der Waals surface area contributed by atoms with E-state index in [0.717, 1.165) is 5.56 Å². The lowest BCUT2D eigenvalue weighted by Crippen LogP contribution is -2.69. The molecule has 2 aromatic rings. The average Bonchev–Trinajstić information content (AvgIpc) is 3.35. The highest BCUT2D eigenvalue weighted by Crippen LogP contribution is 2.45. The van der Waals surface area contributed by atoms with Crippen LogP contribution in [0.15, 0.2) is 48.5 Å². The number of rotatable bonds is 10. The molecule has 1 aliphatic rings. The lowest BCUT2D eigenvalue weighted by Gasteiger charge is -2.46. The molecule has 0 bridgehead atoms. The van der Waals surface area contributed by atoms with Gasteiger partial charge in [-0.3, -0.25) is 14.5 Å². The maximum Gasteiger partial charge on any atom is 0.410 e. The van der Waals surface area contributed by atoms with Crippen molar-refractivity contribution in [1.29, 1.82) is 0 Å². The third-order valence-electron chi connectivity index (χ3n) is 9.63. The highest BCUT2D eigenvalue weighted by molar-refractivity contribution is 6.78. The van der Waals surface area contributed by atoms with E-state index in [4.69, 9.17) is 9.47 Å². The van der Waals surface area contributed by atoms with E-state index in [-0.39, 0.29) is 16.9 Å². The zero-order valence-electron chi connectivity index (χ0n) is 32.2. The molecule has 51 heavy (non-hydrogen) atoms. The second-order valence-electron chi connectivity index (χ2n) is 16.5. The Morgan fingerprint density at radius 2 is 1.57 bits per heavy atom. The first-order valence-corrected chi connectivity index (χ1v) is 20.7. The van der Waals surface area contributed by atoms with Gasteiger partial charge in [-0.05, 0) is 63.8 Å². The van der Waals surface area contributed by atoms with Gasteiger partial charge in [-0.25, -0.2) is 23.3 Å². The van der Waals surface area contributed by atoms with Crippen LogP contribution in [0, 0.1) is 11.2 Å². The molecule has 2 N–H and O–H groups in total. The van der Waals surface area contributed by atoms with Crippen LogP contribution >= 0.6 is 0 Å². The van der Waals surface area contributed by atoms with Crippen LogP contribution in [0.5, 0.6) is 0 Å². The van der Waals surface area contributed by atoms with Crippen molar-refractivity contribution in [3.8, 4) is 0 Å². The molecule has 5 atom stereocenters. The first-order chi connectivity index (χ1) is 23.4. The quantitative estimate of drug-likeness (QED) is 0.181. The molecule has 0 radical (unpaired) electrons. The minimum Gasteiger partial charge on any atom is -0.465 e. The number of amides is 4. The molecule has 4 amide bonds. The zero-order chi connectivity index (χ0) is 38.7. The Kier molecular flexibility index (Phi) is 12.7. The summed E-state index contributed by atoms with van der Waals surface area (Å²) in [5, 5.41) is 5.95. The first-order valence-electron chi connectivity index (χ1n) is 17.3. The number of benzene rings is 2. The average molecular weight is 728 g/mol. The second kappa shape index (κ2) is 15.6. The molecule has 11 nitrogen and oxygen atoms in total. The summed E-state index contributed by atoms with van der Waals surface area (Å²) in [6, 6.07) is 9.60. The smallest absolute Gasteiger partial charge is 0.410 e. The zero-order valence-corrected chi connectivity index (χ0v) is 33.2. The third kappa shape index (κ3) is 9.62. The Morgan fingerprint density at radius 1 is 0.980 bits per heavy atom. The number of halogens is 1. The van der Waals surface area contributed by atoms with Gasteiger partial charge in [0.05, 0.1) is 18.8 Å². The highest BCUT2D eigenvalue weighted by Gasteiger charge is 2.64. The van der Waals surface area contributed by atoms with Crippen molar-refractivity contribution in [3.63, 3.8) is 0 Å². The van der Waals surface area contributed by atoms with Crippen LogP contribution in [-0.4, -0.2) is 91.3 Å². The van der Waals surface area contributed by atoms with Gasteiger partial charge in [-0.1, -0.05) is 64.2 Å². The molecule has 280 valence electrons. The number of nitrogens with zero attached hydrogens (tertiary/aromatic N) is 2. The largest absolute Gasteiger partial charge is 0.465 e. The summed E-state index contributed by atoms with van der Waals surface area (Å²) < 4.78 is 25.5. The molecule has 0 aliphatic carbocycles. The monoisotopic (exact) mass is 727 g/mol. The number of hydrogen-bond donors (Lipinski definition) is 2. The fraction of sp³-hybridized carbons (Fsp3) is 0.553. The SMILES string of the molecule is COC(=O)c1ccc(CNC(=O)C2C[Si](C)(C)C[N@@+]2(C(=O)[C@@H](NC(=O)[C@H](C)N(C)C(=O)OC(C)(C)C)C(C)(C)C)[C@H](C)c2ccccc2F)cc1. The van der Waals surface area contributed by atoms with E-state index in [1.54, 1.807) is 77.1 Å². The van der Waals surface area contributed by atoms with Crippen molar-refractivity contribution in [1.82, 2.24) is 15.5 Å². The summed E-state index contributed by atoms with van der Waals surface area (Å²) in [6.07, 6.45) is -0.354. The van der Waals surface area contributed by atoms with Crippen molar-refractivity contribution >= 4 is 37.9 Å². The van der Waals surface area contributed by atoms with E-state index in [2.05, 4.69) is 23.7 Å². The lowest BCUT2D eigenvalue weighted by atomic mass is 9.83. The van der Waals surface area contributed by atoms with Gasteiger partial charge >= 0.3 is 18.0 Å². The van der Waals surface area contributed by atoms with Gasteiger partial charge < -0.3 is 20.1 Å². The van der Waals surface area contributed by atoms with Crippen LogP contribution in [0.4, 0.5) is 9.18 Å². The van der Waals surface area contributed by atoms with Crippen LogP contribution in [-0.2, 0) is 30.4 Å². The molecule has 0 aromatic heterocycles. The maximum absolute atomic E-state index is 15.6. The minimum atomic E-state index is -2.30. The minimum absolute atomic E-state index is 0.134. The van der Waals surface area contributed by atoms with Gasteiger partial charge in [0.25, 0.3) is 5.91 Å². The van der Waals surface area contributed by atoms with E-state index < -0.39 is 73.0 Å². The van der Waals surface area contributed by atoms with Crippen LogP contribution in [0.3, 0.4) is 0 Å². The number of quaternary nitrogens is 1. The summed E-state index contributed by atoms with van der Waals surface area (Å²) in [7, 11) is 0.460. The van der Waals surface area contributed by atoms with Crippen LogP contribution in [0.2, 0.25) is 19.1 Å². The number of carbonyl (C=O) groups is 5. The third-order valence-corrected chi connectivity index (χ3v) is 12.5. The molecule has 13 heteroatoms. The van der Waals surface area contributed by atoms with Gasteiger partial charge in [-0.15, -0.1) is 0 Å². The van der Waals surface area contributed by atoms with Gasteiger partial charge in [0.1, 0.15) is 37.6 Å². The topological polar surface area (TPSA) is 131 Å². The highest BCUT2D eigenvalue weighted by atomic mass is 28.3. The van der Waals surface area contributed by atoms with E-state index in [1.807, 2.05) is 20.8 Å². The molecule has 1 fully saturated rings. The number of likely N-dealkylation sites (N-methyl/N-ethyl adjacent to an activating group) is 1. The summed E-state index contributed by atoms with van der Waals surface area (Å²) >= 11 is 0. The standard InChI is InChI=1S/C38H55FN4O7Si/c1-24(42(9)36(48)50-38(6,7)8)32(44)41-31(37(3,4)5)34(46)43(25(2)28-15-13-14-16-29(28)39)23-51(11,12)22-30(43)33(45)40-21-26-17-19-27(20-18-26)35(47)49-10/h13-20,24-25,30-31H,21-23H2,1-12H3,(H-,40,41,44,45)/p+1/t24-,25+,30?,31+,43+/m0/s1. The Balaban J connectivity index is 2.08. The molecule has 1 unspecified atom stereocenters. The number of carbonyl (C=O) groups excluding carboxylic acids is 5. The molecular weight excluding hydrogens is 672 g/mol. The summed E-state index contributed by atoms with van der Waals surface area (Å²) in [5.74, 6) is -2.30. The summed E-state index contributed by atoms with van der Waals surface area (Å²) in [6.45, 7) is 18.4. The molecule has 3 rings (SSSR count). The molecule has 1 heterocycles. The second-order valence-corrected chi connectivity index (χ2v) is 21.5. The Hall–Kier alpha value is -4.10. The molecule has 2 aromatic carbocycles. The number of hydrogen-bond acceptors (Lipinski definition) is 7. The Labute approximate surface area is 302 Å². The van der Waals surface area contributed by atoms with Crippen molar-refractivity contribution in [3.05, 3.63) is 71.0 Å². The van der Waals surface area contributed by atoms with Crippen LogP contribution in [0.25, 0.3) is 0 Å². The van der Waals surface area contributed by atoms with Gasteiger partial charge in [-0.2, -0.15) is 0 Å². The van der Waals surface area contributed by atoms with Gasteiger partial charge in [0.15, 0.2) is 6.04 Å². The molecule has 1 saturated heterocycles.